The van der Waals surface area contributed by atoms with E-state index in [9.17, 15) is 0 Å². The summed E-state index contributed by atoms with van der Waals surface area (Å²) in [5.41, 5.74) is 6.56. The molecule has 0 saturated heterocycles. The van der Waals surface area contributed by atoms with E-state index in [0.29, 0.717) is 28.9 Å². The topological polar surface area (TPSA) is 48.4 Å². The number of hydrogen-bond acceptors (Lipinski definition) is 3. The van der Waals surface area contributed by atoms with E-state index in [1.54, 1.807) is 18.2 Å². The third kappa shape index (κ3) is 3.19. The molecule has 2 rings (SSSR count). The normalized spacial score (nSPS) is 10.7. The molecule has 2 N–H and O–H groups in total. The number of halogens is 2. The van der Waals surface area contributed by atoms with E-state index in [2.05, 4.69) is 0 Å². The Hall–Kier alpha value is -1.16. The van der Waals surface area contributed by atoms with Gasteiger partial charge < -0.3 is 14.9 Å². The first-order valence-corrected chi connectivity index (χ1v) is 6.21. The Morgan fingerprint density at radius 2 is 1.83 bits per heavy atom. The maximum Gasteiger partial charge on any atom is 0.146 e. The van der Waals surface area contributed by atoms with Crippen molar-refractivity contribution in [3.05, 3.63) is 51.4 Å². The van der Waals surface area contributed by atoms with E-state index in [1.165, 1.54) is 0 Å². The molecule has 96 valence electrons. The van der Waals surface area contributed by atoms with E-state index in [4.69, 9.17) is 38.1 Å². The molecule has 1 heterocycles. The van der Waals surface area contributed by atoms with Gasteiger partial charge in [0.2, 0.25) is 0 Å². The first-order chi connectivity index (χ1) is 8.58. The van der Waals surface area contributed by atoms with Crippen LogP contribution >= 0.6 is 23.2 Å². The number of furan rings is 1. The van der Waals surface area contributed by atoms with Crippen molar-refractivity contribution < 1.29 is 9.15 Å². The van der Waals surface area contributed by atoms with Crippen molar-refractivity contribution in [2.24, 2.45) is 5.73 Å². The fourth-order valence-corrected chi connectivity index (χ4v) is 2.13. The minimum Gasteiger partial charge on any atom is -0.486 e. The Morgan fingerprint density at radius 3 is 2.39 bits per heavy atom. The highest BCUT2D eigenvalue weighted by Gasteiger charge is 2.07. The molecule has 0 saturated carbocycles. The zero-order chi connectivity index (χ0) is 13.1. The summed E-state index contributed by atoms with van der Waals surface area (Å²) >= 11 is 11.8. The summed E-state index contributed by atoms with van der Waals surface area (Å²) in [6.07, 6.45) is 0. The molecule has 0 spiro atoms. The predicted octanol–water partition coefficient (Wildman–Crippen LogP) is 3.93. The van der Waals surface area contributed by atoms with Crippen LogP contribution in [0, 0.1) is 6.92 Å². The quantitative estimate of drug-likeness (QED) is 0.926. The largest absolute Gasteiger partial charge is 0.486 e. The average Bonchev–Trinajstić information content (AvgIpc) is 2.66. The lowest BCUT2D eigenvalue weighted by atomic mass is 10.2. The second-order valence-electron chi connectivity index (χ2n) is 3.89. The van der Waals surface area contributed by atoms with Crippen molar-refractivity contribution >= 4 is 23.2 Å². The molecular formula is C13H13Cl2NO2. The summed E-state index contributed by atoms with van der Waals surface area (Å²) in [7, 11) is 0. The number of benzene rings is 1. The molecule has 0 aliphatic heterocycles. The van der Waals surface area contributed by atoms with Crippen molar-refractivity contribution in [3.63, 3.8) is 0 Å². The number of nitrogens with two attached hydrogens (primary N) is 1. The lowest BCUT2D eigenvalue weighted by Crippen LogP contribution is -1.96. The fourth-order valence-electron chi connectivity index (χ4n) is 1.63. The molecule has 1 aromatic carbocycles. The highest BCUT2D eigenvalue weighted by atomic mass is 35.5. The van der Waals surface area contributed by atoms with Gasteiger partial charge in [-0.05, 0) is 31.2 Å². The summed E-state index contributed by atoms with van der Waals surface area (Å²) < 4.78 is 11.1. The number of ether oxygens (including phenoxy) is 1. The molecule has 0 atom stereocenters. The van der Waals surface area contributed by atoms with Crippen molar-refractivity contribution in [2.75, 3.05) is 0 Å². The molecule has 5 heteroatoms. The van der Waals surface area contributed by atoms with E-state index < -0.39 is 0 Å². The monoisotopic (exact) mass is 285 g/mol. The van der Waals surface area contributed by atoms with Gasteiger partial charge in [-0.25, -0.2) is 0 Å². The first kappa shape index (κ1) is 13.3. The highest BCUT2D eigenvalue weighted by Crippen LogP contribution is 2.25. The van der Waals surface area contributed by atoms with Gasteiger partial charge in [0.05, 0.1) is 0 Å². The maximum atomic E-state index is 5.88. The highest BCUT2D eigenvalue weighted by molar-refractivity contribution is 6.34. The third-order valence-corrected chi connectivity index (χ3v) is 2.95. The Bertz CT molecular complexity index is 532. The van der Waals surface area contributed by atoms with Crippen molar-refractivity contribution in [2.45, 2.75) is 20.1 Å². The van der Waals surface area contributed by atoms with Crippen LogP contribution in [0.1, 0.15) is 17.1 Å². The van der Waals surface area contributed by atoms with Crippen molar-refractivity contribution in [1.29, 1.82) is 0 Å². The van der Waals surface area contributed by atoms with Crippen LogP contribution in [0.2, 0.25) is 10.0 Å². The van der Waals surface area contributed by atoms with Crippen molar-refractivity contribution in [3.8, 4) is 5.75 Å². The molecule has 0 unspecified atom stereocenters. The zero-order valence-corrected chi connectivity index (χ0v) is 11.4. The molecule has 3 nitrogen and oxygen atoms in total. The summed E-state index contributed by atoms with van der Waals surface area (Å²) in [5, 5.41) is 1.08. The fraction of sp³-hybridized carbons (Fsp3) is 0.231. The second-order valence-corrected chi connectivity index (χ2v) is 4.76. The van der Waals surface area contributed by atoms with E-state index in [0.717, 1.165) is 17.1 Å². The van der Waals surface area contributed by atoms with Gasteiger partial charge in [0.1, 0.15) is 23.9 Å². The minimum atomic E-state index is 0.317. The Labute approximate surface area is 115 Å². The van der Waals surface area contributed by atoms with Crippen LogP contribution in [0.5, 0.6) is 5.75 Å². The number of aryl methyl sites for hydroxylation is 1. The Morgan fingerprint density at radius 1 is 1.17 bits per heavy atom. The standard InChI is InChI=1S/C13H13Cl2NO2/c1-8-9(6-16)2-13(18-8)7-17-12-4-10(14)3-11(15)5-12/h2-5H,6-7,16H2,1H3. The first-order valence-electron chi connectivity index (χ1n) is 5.45. The van der Waals surface area contributed by atoms with Gasteiger partial charge in [-0.15, -0.1) is 0 Å². The molecule has 0 aliphatic carbocycles. The number of hydrogen-bond donors (Lipinski definition) is 1. The van der Waals surface area contributed by atoms with Gasteiger partial charge in [-0.3, -0.25) is 0 Å². The average molecular weight is 286 g/mol. The lowest BCUT2D eigenvalue weighted by molar-refractivity contribution is 0.267. The Balaban J connectivity index is 2.06. The van der Waals surface area contributed by atoms with Crippen LogP contribution in [0.25, 0.3) is 0 Å². The summed E-state index contributed by atoms with van der Waals surface area (Å²) in [6.45, 7) is 2.65. The van der Waals surface area contributed by atoms with Crippen LogP contribution in [0.3, 0.4) is 0 Å². The minimum absolute atomic E-state index is 0.317. The van der Waals surface area contributed by atoms with Gasteiger partial charge in [0.25, 0.3) is 0 Å². The molecule has 18 heavy (non-hydrogen) atoms. The molecule has 0 bridgehead atoms. The zero-order valence-electron chi connectivity index (χ0n) is 9.87. The molecule has 0 amide bonds. The Kier molecular flexibility index (Phi) is 4.17. The van der Waals surface area contributed by atoms with E-state index in [1.807, 2.05) is 13.0 Å². The smallest absolute Gasteiger partial charge is 0.146 e. The van der Waals surface area contributed by atoms with Crippen LogP contribution in [0.15, 0.2) is 28.7 Å². The van der Waals surface area contributed by atoms with Gasteiger partial charge in [-0.1, -0.05) is 23.2 Å². The van der Waals surface area contributed by atoms with Gasteiger partial charge in [0.15, 0.2) is 0 Å². The van der Waals surface area contributed by atoms with E-state index in [-0.39, 0.29) is 0 Å². The lowest BCUT2D eigenvalue weighted by Gasteiger charge is -2.05. The molecule has 0 aliphatic rings. The molecular weight excluding hydrogens is 273 g/mol. The van der Waals surface area contributed by atoms with Crippen LogP contribution < -0.4 is 10.5 Å². The molecule has 0 radical (unpaired) electrons. The number of rotatable bonds is 4. The van der Waals surface area contributed by atoms with Gasteiger partial charge in [0, 0.05) is 22.2 Å². The molecule has 1 aromatic heterocycles. The van der Waals surface area contributed by atoms with E-state index >= 15 is 0 Å². The summed E-state index contributed by atoms with van der Waals surface area (Å²) in [4.78, 5) is 0. The second kappa shape index (κ2) is 5.65. The van der Waals surface area contributed by atoms with Gasteiger partial charge in [-0.2, -0.15) is 0 Å². The molecule has 2 aromatic rings. The van der Waals surface area contributed by atoms with Crippen LogP contribution in [-0.4, -0.2) is 0 Å². The third-order valence-electron chi connectivity index (χ3n) is 2.51. The molecule has 0 fully saturated rings. The predicted molar refractivity (Wildman–Crippen MR) is 72.1 cm³/mol. The summed E-state index contributed by atoms with van der Waals surface area (Å²) in [6, 6.07) is 6.95. The van der Waals surface area contributed by atoms with Gasteiger partial charge >= 0.3 is 0 Å². The SMILES string of the molecule is Cc1oc(COc2cc(Cl)cc(Cl)c2)cc1CN. The van der Waals surface area contributed by atoms with Crippen molar-refractivity contribution in [1.82, 2.24) is 0 Å². The van der Waals surface area contributed by atoms with Crippen LogP contribution in [0.4, 0.5) is 0 Å². The summed E-state index contributed by atoms with van der Waals surface area (Å²) in [5.74, 6) is 2.15. The van der Waals surface area contributed by atoms with Crippen LogP contribution in [-0.2, 0) is 13.2 Å². The maximum absolute atomic E-state index is 5.88.